The number of nitrogens with zero attached hydrogens (tertiary/aromatic N) is 2. The van der Waals surface area contributed by atoms with E-state index in [1.807, 2.05) is 6.92 Å². The largest absolute Gasteiger partial charge is 0.398 e. The topological polar surface area (TPSA) is 52.5 Å². The van der Waals surface area contributed by atoms with Crippen LogP contribution in [-0.2, 0) is 4.74 Å². The summed E-state index contributed by atoms with van der Waals surface area (Å²) in [7, 11) is 1.67. The molecule has 1 unspecified atom stereocenters. The Morgan fingerprint density at radius 2 is 2.31 bits per heavy atom. The summed E-state index contributed by atoms with van der Waals surface area (Å²) in [4.78, 5) is 7.65. The standard InChI is InChI=1S/C12H15N3O/c1-7-11(14-2)10(9(13)6-15-7)12(16-3)8-4-5-8/h6,8,12H,4-5,13H2,1,3H3. The maximum atomic E-state index is 7.23. The van der Waals surface area contributed by atoms with Crippen molar-refractivity contribution in [2.45, 2.75) is 25.9 Å². The van der Waals surface area contributed by atoms with Gasteiger partial charge in [0, 0.05) is 30.3 Å². The predicted molar refractivity (Wildman–Crippen MR) is 62.1 cm³/mol. The molecule has 0 bridgehead atoms. The minimum Gasteiger partial charge on any atom is -0.398 e. The Morgan fingerprint density at radius 3 is 2.81 bits per heavy atom. The lowest BCUT2D eigenvalue weighted by molar-refractivity contribution is 0.0857. The molecule has 16 heavy (non-hydrogen) atoms. The number of aryl methyl sites for hydroxylation is 1. The van der Waals surface area contributed by atoms with Gasteiger partial charge in [0.15, 0.2) is 0 Å². The van der Waals surface area contributed by atoms with E-state index < -0.39 is 0 Å². The van der Waals surface area contributed by atoms with Crippen molar-refractivity contribution in [2.75, 3.05) is 12.8 Å². The van der Waals surface area contributed by atoms with E-state index in [-0.39, 0.29) is 6.10 Å². The van der Waals surface area contributed by atoms with E-state index in [1.54, 1.807) is 13.3 Å². The van der Waals surface area contributed by atoms with Crippen LogP contribution in [0, 0.1) is 19.4 Å². The van der Waals surface area contributed by atoms with Gasteiger partial charge in [0.1, 0.15) is 0 Å². The molecule has 2 rings (SSSR count). The normalized spacial score (nSPS) is 16.8. The number of anilines is 1. The van der Waals surface area contributed by atoms with Crippen molar-refractivity contribution in [1.82, 2.24) is 4.98 Å². The molecule has 1 aliphatic rings. The molecule has 1 atom stereocenters. The van der Waals surface area contributed by atoms with Crippen molar-refractivity contribution in [3.05, 3.63) is 28.9 Å². The van der Waals surface area contributed by atoms with Gasteiger partial charge in [-0.15, -0.1) is 0 Å². The molecule has 84 valence electrons. The minimum absolute atomic E-state index is 0.0502. The van der Waals surface area contributed by atoms with E-state index in [2.05, 4.69) is 9.83 Å². The molecule has 0 aromatic carbocycles. The summed E-state index contributed by atoms with van der Waals surface area (Å²) in [6, 6.07) is 0. The molecule has 0 spiro atoms. The first-order valence-corrected chi connectivity index (χ1v) is 5.34. The molecular weight excluding hydrogens is 202 g/mol. The fourth-order valence-electron chi connectivity index (χ4n) is 2.01. The number of methoxy groups -OCH3 is 1. The maximum Gasteiger partial charge on any atom is 0.215 e. The Hall–Kier alpha value is -1.60. The molecule has 1 heterocycles. The number of hydrogen-bond acceptors (Lipinski definition) is 3. The summed E-state index contributed by atoms with van der Waals surface area (Å²) in [6.07, 6.45) is 3.87. The van der Waals surface area contributed by atoms with Crippen LogP contribution in [0.25, 0.3) is 4.85 Å². The zero-order valence-electron chi connectivity index (χ0n) is 9.53. The highest BCUT2D eigenvalue weighted by atomic mass is 16.5. The van der Waals surface area contributed by atoms with Crippen molar-refractivity contribution < 1.29 is 4.74 Å². The molecule has 1 fully saturated rings. The zero-order valence-corrected chi connectivity index (χ0v) is 9.53. The fourth-order valence-corrected chi connectivity index (χ4v) is 2.01. The summed E-state index contributed by atoms with van der Waals surface area (Å²) in [5, 5.41) is 0. The molecule has 0 aliphatic heterocycles. The van der Waals surface area contributed by atoms with Crippen molar-refractivity contribution in [2.24, 2.45) is 5.92 Å². The number of ether oxygens (including phenoxy) is 1. The Bertz CT molecular complexity index is 446. The third kappa shape index (κ3) is 1.74. The van der Waals surface area contributed by atoms with Gasteiger partial charge in [-0.1, -0.05) is 0 Å². The van der Waals surface area contributed by atoms with Crippen LogP contribution < -0.4 is 5.73 Å². The van der Waals surface area contributed by atoms with E-state index in [0.29, 0.717) is 17.3 Å². The van der Waals surface area contributed by atoms with Crippen LogP contribution >= 0.6 is 0 Å². The molecule has 1 aliphatic carbocycles. The van der Waals surface area contributed by atoms with E-state index >= 15 is 0 Å². The van der Waals surface area contributed by atoms with Gasteiger partial charge in [0.05, 0.1) is 12.7 Å². The van der Waals surface area contributed by atoms with Crippen LogP contribution in [0.15, 0.2) is 6.20 Å². The number of hydrogen-bond donors (Lipinski definition) is 1. The molecule has 1 aromatic rings. The van der Waals surface area contributed by atoms with Gasteiger partial charge < -0.3 is 10.5 Å². The predicted octanol–water partition coefficient (Wildman–Crippen LogP) is 2.62. The van der Waals surface area contributed by atoms with E-state index in [0.717, 1.165) is 24.1 Å². The summed E-state index contributed by atoms with van der Waals surface area (Å²) in [5.41, 5.74) is 8.59. The fraction of sp³-hybridized carbons (Fsp3) is 0.500. The molecule has 1 saturated carbocycles. The smallest absolute Gasteiger partial charge is 0.215 e. The van der Waals surface area contributed by atoms with Gasteiger partial charge >= 0.3 is 0 Å². The first kappa shape index (κ1) is 10.9. The van der Waals surface area contributed by atoms with Crippen LogP contribution in [-0.4, -0.2) is 12.1 Å². The van der Waals surface area contributed by atoms with Crippen molar-refractivity contribution in [3.63, 3.8) is 0 Å². The number of aromatic nitrogens is 1. The number of nitrogens with two attached hydrogens (primary N) is 1. The van der Waals surface area contributed by atoms with Crippen LogP contribution in [0.1, 0.15) is 30.2 Å². The quantitative estimate of drug-likeness (QED) is 0.792. The molecule has 4 heteroatoms. The van der Waals surface area contributed by atoms with Crippen molar-refractivity contribution in [1.29, 1.82) is 0 Å². The number of nitrogen functional groups attached to an aromatic ring is 1. The van der Waals surface area contributed by atoms with Gasteiger partial charge in [-0.05, 0) is 25.7 Å². The Labute approximate surface area is 95.3 Å². The van der Waals surface area contributed by atoms with Gasteiger partial charge in [-0.2, -0.15) is 0 Å². The third-order valence-electron chi connectivity index (χ3n) is 3.01. The third-order valence-corrected chi connectivity index (χ3v) is 3.01. The molecule has 1 aromatic heterocycles. The highest BCUT2D eigenvalue weighted by Crippen LogP contribution is 2.47. The Balaban J connectivity index is 2.52. The summed E-state index contributed by atoms with van der Waals surface area (Å²) in [6.45, 7) is 9.06. The van der Waals surface area contributed by atoms with Gasteiger partial charge in [-0.25, -0.2) is 4.85 Å². The van der Waals surface area contributed by atoms with Gasteiger partial charge in [-0.3, -0.25) is 4.98 Å². The van der Waals surface area contributed by atoms with Crippen LogP contribution in [0.4, 0.5) is 11.4 Å². The second kappa shape index (κ2) is 4.11. The van der Waals surface area contributed by atoms with Crippen molar-refractivity contribution in [3.8, 4) is 0 Å². The van der Waals surface area contributed by atoms with Crippen LogP contribution in [0.5, 0.6) is 0 Å². The van der Waals surface area contributed by atoms with E-state index in [1.165, 1.54) is 0 Å². The summed E-state index contributed by atoms with van der Waals surface area (Å²) >= 11 is 0. The van der Waals surface area contributed by atoms with E-state index in [4.69, 9.17) is 17.0 Å². The molecule has 4 nitrogen and oxygen atoms in total. The average molecular weight is 217 g/mol. The lowest BCUT2D eigenvalue weighted by Gasteiger charge is -2.19. The minimum atomic E-state index is -0.0502. The average Bonchev–Trinajstić information content (AvgIpc) is 3.08. The lowest BCUT2D eigenvalue weighted by atomic mass is 10.0. The second-order valence-corrected chi connectivity index (χ2v) is 4.17. The summed E-state index contributed by atoms with van der Waals surface area (Å²) in [5.74, 6) is 0.509. The van der Waals surface area contributed by atoms with Crippen LogP contribution in [0.2, 0.25) is 0 Å². The second-order valence-electron chi connectivity index (χ2n) is 4.17. The number of rotatable bonds is 3. The lowest BCUT2D eigenvalue weighted by Crippen LogP contribution is -2.08. The Morgan fingerprint density at radius 1 is 1.62 bits per heavy atom. The van der Waals surface area contributed by atoms with Crippen LogP contribution in [0.3, 0.4) is 0 Å². The maximum absolute atomic E-state index is 7.23. The van der Waals surface area contributed by atoms with Gasteiger partial charge in [0.25, 0.3) is 0 Å². The molecule has 0 saturated heterocycles. The first-order valence-electron chi connectivity index (χ1n) is 5.34. The molecule has 2 N–H and O–H groups in total. The Kier molecular flexibility index (Phi) is 2.80. The molecule has 0 amide bonds. The monoisotopic (exact) mass is 217 g/mol. The molecular formula is C12H15N3O. The highest BCUT2D eigenvalue weighted by Gasteiger charge is 2.35. The van der Waals surface area contributed by atoms with E-state index in [9.17, 15) is 0 Å². The zero-order chi connectivity index (χ0) is 11.7. The number of pyridine rings is 1. The highest BCUT2D eigenvalue weighted by molar-refractivity contribution is 5.66. The SMILES string of the molecule is [C-]#[N+]c1c(C)ncc(N)c1C(OC)C1CC1. The molecule has 0 radical (unpaired) electrons. The summed E-state index contributed by atoms with van der Waals surface area (Å²) < 4.78 is 5.49. The van der Waals surface area contributed by atoms with Crippen molar-refractivity contribution >= 4 is 11.4 Å². The first-order chi connectivity index (χ1) is 7.69. The van der Waals surface area contributed by atoms with Gasteiger partial charge in [0.2, 0.25) is 5.69 Å².